The molecule has 11 nitrogen and oxygen atoms in total. The van der Waals surface area contributed by atoms with Crippen molar-refractivity contribution in [3.05, 3.63) is 47.8 Å². The maximum absolute atomic E-state index is 14.3. The van der Waals surface area contributed by atoms with Crippen molar-refractivity contribution in [2.24, 2.45) is 0 Å². The van der Waals surface area contributed by atoms with Gasteiger partial charge in [-0.2, -0.15) is 10.4 Å². The molecule has 0 saturated heterocycles. The van der Waals surface area contributed by atoms with Gasteiger partial charge in [-0.05, 0) is 76.6 Å². The number of alkyl carbamates (subject to hydrolysis) is 1. The first kappa shape index (κ1) is 28.3. The number of alkyl halides is 1. The molecule has 5 rings (SSSR count). The van der Waals surface area contributed by atoms with Gasteiger partial charge in [-0.25, -0.2) is 13.7 Å². The number of rotatable bonds is 9. The smallest absolute Gasteiger partial charge is 0.407 e. The molecule has 2 amide bonds. The summed E-state index contributed by atoms with van der Waals surface area (Å²) in [5.41, 5.74) is 1.57. The van der Waals surface area contributed by atoms with Crippen LogP contribution in [0.1, 0.15) is 68.3 Å². The lowest BCUT2D eigenvalue weighted by Gasteiger charge is -2.30. The van der Waals surface area contributed by atoms with Crippen LogP contribution >= 0.6 is 0 Å². The average Bonchev–Trinajstić information content (AvgIpc) is 3.66. The number of pyridine rings is 1. The quantitative estimate of drug-likeness (QED) is 0.307. The average molecular weight is 564 g/mol. The standard InChI is InChI=1S/C29H34FN7O4/c1-29(2,40)26(30)16-33-27(38)22-15-32-24(25-10-7-20-11-17(13-31)14-34-37(20)25)12-23(22)35-18-3-5-19(6-4-18)36-28(39)41-21-8-9-21/h7,10-12,14-15,18-19,21,26,40H,3-6,8-9,16H2,1-2H3,(H,32,35)(H,33,38)(H,36,39)/t18?,19?,26-/m1/s1. The number of fused-ring (bicyclic) bond motifs is 1. The van der Waals surface area contributed by atoms with E-state index in [1.165, 1.54) is 26.2 Å². The number of nitrogens with one attached hydrogen (secondary N) is 3. The van der Waals surface area contributed by atoms with E-state index in [2.05, 4.69) is 32.1 Å². The molecule has 0 aromatic carbocycles. The topological polar surface area (TPSA) is 154 Å². The van der Waals surface area contributed by atoms with E-state index >= 15 is 0 Å². The first-order valence-corrected chi connectivity index (χ1v) is 13.9. The van der Waals surface area contributed by atoms with Crippen molar-refractivity contribution in [3.63, 3.8) is 0 Å². The van der Waals surface area contributed by atoms with E-state index in [4.69, 9.17) is 4.74 Å². The van der Waals surface area contributed by atoms with Crippen LogP contribution in [-0.2, 0) is 4.74 Å². The molecule has 0 aliphatic heterocycles. The molecule has 1 atom stereocenters. The van der Waals surface area contributed by atoms with Gasteiger partial charge in [-0.3, -0.25) is 9.78 Å². The van der Waals surface area contributed by atoms with Gasteiger partial charge in [0.2, 0.25) is 0 Å². The summed E-state index contributed by atoms with van der Waals surface area (Å²) in [7, 11) is 0. The van der Waals surface area contributed by atoms with Gasteiger partial charge in [0, 0.05) is 18.3 Å². The fourth-order valence-electron chi connectivity index (χ4n) is 4.82. The Kier molecular flexibility index (Phi) is 8.08. The van der Waals surface area contributed by atoms with Crippen LogP contribution in [0.5, 0.6) is 0 Å². The molecule has 2 saturated carbocycles. The minimum Gasteiger partial charge on any atom is -0.446 e. The van der Waals surface area contributed by atoms with Gasteiger partial charge in [0.15, 0.2) is 0 Å². The molecule has 41 heavy (non-hydrogen) atoms. The zero-order chi connectivity index (χ0) is 29.1. The molecule has 0 radical (unpaired) electrons. The number of hydrogen-bond acceptors (Lipinski definition) is 8. The second kappa shape index (κ2) is 11.7. The molecule has 2 aliphatic rings. The van der Waals surface area contributed by atoms with Crippen molar-refractivity contribution in [1.82, 2.24) is 25.2 Å². The predicted molar refractivity (Wildman–Crippen MR) is 149 cm³/mol. The first-order valence-electron chi connectivity index (χ1n) is 13.9. The fourth-order valence-corrected chi connectivity index (χ4v) is 4.82. The minimum absolute atomic E-state index is 0.0230. The summed E-state index contributed by atoms with van der Waals surface area (Å²) in [5.74, 6) is -0.520. The van der Waals surface area contributed by atoms with Crippen molar-refractivity contribution in [2.75, 3.05) is 11.9 Å². The molecule has 2 aliphatic carbocycles. The molecule has 4 N–H and O–H groups in total. The summed E-state index contributed by atoms with van der Waals surface area (Å²) in [4.78, 5) is 29.7. The molecule has 3 aromatic rings. The summed E-state index contributed by atoms with van der Waals surface area (Å²) in [6.45, 7) is 2.34. The molecule has 216 valence electrons. The van der Waals surface area contributed by atoms with E-state index in [0.29, 0.717) is 22.6 Å². The van der Waals surface area contributed by atoms with E-state index in [1.54, 1.807) is 16.6 Å². The van der Waals surface area contributed by atoms with Crippen LogP contribution in [0.3, 0.4) is 0 Å². The summed E-state index contributed by atoms with van der Waals surface area (Å²) < 4.78 is 21.3. The number of aromatic nitrogens is 3. The zero-order valence-electron chi connectivity index (χ0n) is 23.1. The van der Waals surface area contributed by atoms with Gasteiger partial charge in [0.05, 0.1) is 52.1 Å². The molecule has 3 aromatic heterocycles. The van der Waals surface area contributed by atoms with E-state index in [1.807, 2.05) is 12.1 Å². The SMILES string of the molecule is CC(C)(O)[C@H](F)CNC(=O)c1cnc(-c2ccc3cc(C#N)cnn23)cc1NC1CCC(NC(=O)OC2CC2)CC1. The molecule has 12 heteroatoms. The van der Waals surface area contributed by atoms with E-state index < -0.39 is 17.7 Å². The Labute approximate surface area is 237 Å². The highest BCUT2D eigenvalue weighted by atomic mass is 19.1. The van der Waals surface area contributed by atoms with Gasteiger partial charge < -0.3 is 25.8 Å². The number of halogens is 1. The lowest BCUT2D eigenvalue weighted by Crippen LogP contribution is -2.42. The minimum atomic E-state index is -1.65. The number of carbonyl (C=O) groups is 2. The second-order valence-corrected chi connectivity index (χ2v) is 11.3. The van der Waals surface area contributed by atoms with Gasteiger partial charge in [0.1, 0.15) is 18.3 Å². The number of nitrogens with zero attached hydrogens (tertiary/aromatic N) is 4. The van der Waals surface area contributed by atoms with Crippen LogP contribution < -0.4 is 16.0 Å². The van der Waals surface area contributed by atoms with Crippen LogP contribution in [0.2, 0.25) is 0 Å². The molecule has 0 bridgehead atoms. The Bertz CT molecular complexity index is 1470. The van der Waals surface area contributed by atoms with E-state index in [-0.39, 0.29) is 36.4 Å². The zero-order valence-corrected chi connectivity index (χ0v) is 23.1. The Morgan fingerprint density at radius 3 is 2.59 bits per heavy atom. The number of carbonyl (C=O) groups excluding carboxylic acids is 2. The van der Waals surface area contributed by atoms with Crippen LogP contribution in [0.4, 0.5) is 14.9 Å². The summed E-state index contributed by atoms with van der Waals surface area (Å²) in [6, 6.07) is 9.28. The number of anilines is 1. The van der Waals surface area contributed by atoms with E-state index in [0.717, 1.165) is 44.0 Å². The van der Waals surface area contributed by atoms with Crippen molar-refractivity contribution in [3.8, 4) is 17.5 Å². The largest absolute Gasteiger partial charge is 0.446 e. The van der Waals surface area contributed by atoms with Crippen molar-refractivity contribution in [1.29, 1.82) is 5.26 Å². The highest BCUT2D eigenvalue weighted by Gasteiger charge is 2.30. The summed E-state index contributed by atoms with van der Waals surface area (Å²) >= 11 is 0. The number of hydrogen-bond donors (Lipinski definition) is 4. The third-order valence-corrected chi connectivity index (χ3v) is 7.46. The fraction of sp³-hybridized carbons (Fsp3) is 0.483. The maximum atomic E-state index is 14.3. The summed E-state index contributed by atoms with van der Waals surface area (Å²) in [5, 5.41) is 32.5. The van der Waals surface area contributed by atoms with Crippen LogP contribution in [0.25, 0.3) is 16.9 Å². The Balaban J connectivity index is 1.34. The van der Waals surface area contributed by atoms with Crippen molar-refractivity contribution >= 4 is 23.2 Å². The van der Waals surface area contributed by atoms with Crippen molar-refractivity contribution in [2.45, 2.75) is 82.3 Å². The Morgan fingerprint density at radius 2 is 1.90 bits per heavy atom. The van der Waals surface area contributed by atoms with Gasteiger partial charge in [-0.15, -0.1) is 0 Å². The first-order chi connectivity index (χ1) is 19.6. The molecular weight excluding hydrogens is 529 g/mol. The molecule has 0 unspecified atom stereocenters. The lowest BCUT2D eigenvalue weighted by molar-refractivity contribution is -0.00178. The van der Waals surface area contributed by atoms with Crippen LogP contribution in [0, 0.1) is 11.3 Å². The van der Waals surface area contributed by atoms with Gasteiger partial charge in [-0.1, -0.05) is 0 Å². The highest BCUT2D eigenvalue weighted by molar-refractivity contribution is 6.00. The maximum Gasteiger partial charge on any atom is 0.407 e. The normalized spacial score (nSPS) is 19.7. The van der Waals surface area contributed by atoms with Gasteiger partial charge in [0.25, 0.3) is 5.91 Å². The number of nitriles is 1. The Hall–Kier alpha value is -4.24. The third-order valence-electron chi connectivity index (χ3n) is 7.46. The number of ether oxygens (including phenoxy) is 1. The molecule has 3 heterocycles. The van der Waals surface area contributed by atoms with Gasteiger partial charge >= 0.3 is 6.09 Å². The lowest BCUT2D eigenvalue weighted by atomic mass is 9.91. The number of aliphatic hydroxyl groups is 1. The highest BCUT2D eigenvalue weighted by Crippen LogP contribution is 2.29. The molecule has 0 spiro atoms. The van der Waals surface area contributed by atoms with E-state index in [9.17, 15) is 24.3 Å². The monoisotopic (exact) mass is 563 g/mol. The summed E-state index contributed by atoms with van der Waals surface area (Å²) in [6.07, 6.45) is 5.80. The molecule has 2 fully saturated rings. The predicted octanol–water partition coefficient (Wildman–Crippen LogP) is 3.72. The second-order valence-electron chi connectivity index (χ2n) is 11.3. The van der Waals surface area contributed by atoms with Crippen LogP contribution in [-0.4, -0.2) is 68.2 Å². The van der Waals surface area contributed by atoms with Crippen LogP contribution in [0.15, 0.2) is 36.7 Å². The van der Waals surface area contributed by atoms with Crippen molar-refractivity contribution < 1.29 is 23.8 Å². The Morgan fingerprint density at radius 1 is 1.17 bits per heavy atom. The third kappa shape index (κ3) is 6.92. The number of amides is 2. The molecular formula is C29H34FN7O4.